The number of carbonyl (C=O) groups excluding carboxylic acids is 1. The van der Waals surface area contributed by atoms with Crippen LogP contribution in [0.2, 0.25) is 0 Å². The molecular weight excluding hydrogens is 430 g/mol. The Kier molecular flexibility index (Phi) is 6.59. The lowest BCUT2D eigenvalue weighted by molar-refractivity contribution is -0.115. The molecule has 0 spiro atoms. The molecule has 180 valence electrons. The van der Waals surface area contributed by atoms with Crippen LogP contribution in [0.25, 0.3) is 5.57 Å². The van der Waals surface area contributed by atoms with E-state index in [1.807, 2.05) is 30.7 Å². The highest BCUT2D eigenvalue weighted by molar-refractivity contribution is 5.91. The van der Waals surface area contributed by atoms with Crippen LogP contribution in [0.1, 0.15) is 75.6 Å². The fourth-order valence-corrected chi connectivity index (χ4v) is 4.45. The van der Waals surface area contributed by atoms with Crippen molar-refractivity contribution in [2.45, 2.75) is 77.9 Å². The SMILES string of the molecule is C=C(C)c1ccncc1O[C@@H]1CC[C@H](c2cc(NC(=O)Cc3cc(C)no3)nn2C(C)(C)C)C1. The summed E-state index contributed by atoms with van der Waals surface area (Å²) < 4.78 is 13.5. The number of carbonyl (C=O) groups is 1. The van der Waals surface area contributed by atoms with Crippen LogP contribution < -0.4 is 10.1 Å². The van der Waals surface area contributed by atoms with Crippen molar-refractivity contribution in [2.24, 2.45) is 0 Å². The van der Waals surface area contributed by atoms with E-state index in [1.165, 1.54) is 0 Å². The molecule has 4 rings (SSSR count). The summed E-state index contributed by atoms with van der Waals surface area (Å²) in [6.07, 6.45) is 6.53. The summed E-state index contributed by atoms with van der Waals surface area (Å²) in [4.78, 5) is 16.8. The molecule has 8 nitrogen and oxygen atoms in total. The zero-order valence-corrected chi connectivity index (χ0v) is 20.6. The fourth-order valence-electron chi connectivity index (χ4n) is 4.45. The molecule has 1 N–H and O–H groups in total. The molecule has 3 heterocycles. The van der Waals surface area contributed by atoms with Crippen molar-refractivity contribution in [3.63, 3.8) is 0 Å². The maximum Gasteiger partial charge on any atom is 0.233 e. The second-order valence-electron chi connectivity index (χ2n) is 10.1. The molecule has 0 bridgehead atoms. The summed E-state index contributed by atoms with van der Waals surface area (Å²) in [7, 11) is 0. The number of amides is 1. The third kappa shape index (κ3) is 5.38. The number of aromatic nitrogens is 4. The quantitative estimate of drug-likeness (QED) is 0.514. The average molecular weight is 464 g/mol. The molecule has 0 unspecified atom stereocenters. The molecule has 0 saturated heterocycles. The number of ether oxygens (including phenoxy) is 1. The van der Waals surface area contributed by atoms with Gasteiger partial charge in [0.1, 0.15) is 11.5 Å². The van der Waals surface area contributed by atoms with E-state index < -0.39 is 0 Å². The number of hydrogen-bond donors (Lipinski definition) is 1. The number of nitrogens with one attached hydrogen (secondary N) is 1. The largest absolute Gasteiger partial charge is 0.488 e. The van der Waals surface area contributed by atoms with E-state index in [9.17, 15) is 4.79 Å². The maximum atomic E-state index is 12.5. The van der Waals surface area contributed by atoms with Crippen LogP contribution in [-0.4, -0.2) is 31.9 Å². The lowest BCUT2D eigenvalue weighted by Crippen LogP contribution is -2.26. The predicted octanol–water partition coefficient (Wildman–Crippen LogP) is 5.26. The first-order chi connectivity index (χ1) is 16.1. The zero-order valence-electron chi connectivity index (χ0n) is 20.6. The summed E-state index contributed by atoms with van der Waals surface area (Å²) >= 11 is 0. The van der Waals surface area contributed by atoms with E-state index in [2.05, 4.69) is 42.8 Å². The first-order valence-corrected chi connectivity index (χ1v) is 11.7. The number of aryl methyl sites for hydroxylation is 1. The zero-order chi connectivity index (χ0) is 24.5. The van der Waals surface area contributed by atoms with Crippen LogP contribution in [0.15, 0.2) is 41.7 Å². The van der Waals surface area contributed by atoms with E-state index >= 15 is 0 Å². The van der Waals surface area contributed by atoms with Crippen LogP contribution in [0.5, 0.6) is 5.75 Å². The lowest BCUT2D eigenvalue weighted by Gasteiger charge is -2.25. The highest BCUT2D eigenvalue weighted by Gasteiger charge is 2.33. The monoisotopic (exact) mass is 463 g/mol. The van der Waals surface area contributed by atoms with Gasteiger partial charge in [-0.1, -0.05) is 11.7 Å². The van der Waals surface area contributed by atoms with Gasteiger partial charge in [0.15, 0.2) is 5.82 Å². The summed E-state index contributed by atoms with van der Waals surface area (Å²) in [5.74, 6) is 1.96. The van der Waals surface area contributed by atoms with Crippen LogP contribution in [-0.2, 0) is 16.8 Å². The Morgan fingerprint density at radius 3 is 2.79 bits per heavy atom. The minimum Gasteiger partial charge on any atom is -0.488 e. The van der Waals surface area contributed by atoms with Crippen LogP contribution in [0, 0.1) is 6.92 Å². The number of hydrogen-bond acceptors (Lipinski definition) is 6. The van der Waals surface area contributed by atoms with Crippen molar-refractivity contribution < 1.29 is 14.1 Å². The molecule has 1 aliphatic carbocycles. The molecule has 3 aromatic rings. The van der Waals surface area contributed by atoms with Crippen LogP contribution >= 0.6 is 0 Å². The molecule has 0 aromatic carbocycles. The lowest BCUT2D eigenvalue weighted by atomic mass is 10.0. The van der Waals surface area contributed by atoms with E-state index in [1.54, 1.807) is 18.5 Å². The van der Waals surface area contributed by atoms with Gasteiger partial charge < -0.3 is 14.6 Å². The first-order valence-electron chi connectivity index (χ1n) is 11.7. The van der Waals surface area contributed by atoms with Gasteiger partial charge >= 0.3 is 0 Å². The molecule has 0 radical (unpaired) electrons. The molecule has 8 heteroatoms. The number of anilines is 1. The molecule has 2 atom stereocenters. The molecule has 1 saturated carbocycles. The van der Waals surface area contributed by atoms with E-state index in [4.69, 9.17) is 14.4 Å². The Morgan fingerprint density at radius 1 is 1.32 bits per heavy atom. The number of nitrogens with zero attached hydrogens (tertiary/aromatic N) is 4. The van der Waals surface area contributed by atoms with Gasteiger partial charge in [-0.3, -0.25) is 14.5 Å². The molecule has 0 aliphatic heterocycles. The Morgan fingerprint density at radius 2 is 2.12 bits per heavy atom. The molecule has 1 amide bonds. The van der Waals surface area contributed by atoms with E-state index in [0.717, 1.165) is 47.5 Å². The van der Waals surface area contributed by atoms with Gasteiger partial charge in [0.25, 0.3) is 0 Å². The van der Waals surface area contributed by atoms with E-state index in [0.29, 0.717) is 11.6 Å². The number of pyridine rings is 1. The van der Waals surface area contributed by atoms with Crippen molar-refractivity contribution in [1.82, 2.24) is 19.9 Å². The Labute approximate surface area is 200 Å². The number of allylic oxidation sites excluding steroid dienone is 1. The van der Waals surface area contributed by atoms with Gasteiger partial charge in [0.2, 0.25) is 5.91 Å². The Hall–Kier alpha value is -3.42. The maximum absolute atomic E-state index is 12.5. The van der Waals surface area contributed by atoms with Crippen molar-refractivity contribution >= 4 is 17.3 Å². The van der Waals surface area contributed by atoms with Gasteiger partial charge in [0.05, 0.1) is 30.0 Å². The van der Waals surface area contributed by atoms with Crippen molar-refractivity contribution in [3.8, 4) is 5.75 Å². The van der Waals surface area contributed by atoms with Crippen molar-refractivity contribution in [2.75, 3.05) is 5.32 Å². The minimum absolute atomic E-state index is 0.0864. The summed E-state index contributed by atoms with van der Waals surface area (Å²) in [6.45, 7) is 14.2. The van der Waals surface area contributed by atoms with E-state index in [-0.39, 0.29) is 29.9 Å². The summed E-state index contributed by atoms with van der Waals surface area (Å²) in [5.41, 5.74) is 3.58. The van der Waals surface area contributed by atoms with Gasteiger partial charge in [-0.2, -0.15) is 5.10 Å². The van der Waals surface area contributed by atoms with Crippen LogP contribution in [0.4, 0.5) is 5.82 Å². The summed E-state index contributed by atoms with van der Waals surface area (Å²) in [6, 6.07) is 5.69. The Balaban J connectivity index is 1.48. The first kappa shape index (κ1) is 23.7. The Bertz CT molecular complexity index is 1190. The fraction of sp³-hybridized carbons (Fsp3) is 0.462. The van der Waals surface area contributed by atoms with Gasteiger partial charge in [-0.15, -0.1) is 0 Å². The topological polar surface area (TPSA) is 95.1 Å². The highest BCUT2D eigenvalue weighted by Crippen LogP contribution is 2.39. The molecule has 1 aliphatic rings. The van der Waals surface area contributed by atoms with Gasteiger partial charge in [-0.05, 0) is 65.5 Å². The highest BCUT2D eigenvalue weighted by atomic mass is 16.5. The van der Waals surface area contributed by atoms with Crippen molar-refractivity contribution in [1.29, 1.82) is 0 Å². The van der Waals surface area contributed by atoms with Gasteiger partial charge in [-0.25, -0.2) is 0 Å². The minimum atomic E-state index is -0.226. The third-order valence-corrected chi connectivity index (χ3v) is 5.99. The second kappa shape index (κ2) is 9.44. The average Bonchev–Trinajstić information content (AvgIpc) is 3.48. The predicted molar refractivity (Wildman–Crippen MR) is 131 cm³/mol. The molecule has 34 heavy (non-hydrogen) atoms. The molecule has 3 aromatic heterocycles. The third-order valence-electron chi connectivity index (χ3n) is 5.99. The van der Waals surface area contributed by atoms with Crippen molar-refractivity contribution in [3.05, 3.63) is 59.9 Å². The summed E-state index contributed by atoms with van der Waals surface area (Å²) in [5, 5.41) is 11.5. The van der Waals surface area contributed by atoms with Gasteiger partial charge in [0, 0.05) is 35.5 Å². The smallest absolute Gasteiger partial charge is 0.233 e. The van der Waals surface area contributed by atoms with Crippen LogP contribution in [0.3, 0.4) is 0 Å². The molecule has 1 fully saturated rings. The number of rotatable bonds is 7. The normalized spacial score (nSPS) is 18.1. The molecular formula is C26H33N5O3. The standard InChI is InChI=1S/C26H33N5O3/c1-16(2)21-9-10-27-15-23(21)33-19-8-7-18(12-19)22-14-24(29-31(22)26(4,5)6)28-25(32)13-20-11-17(3)30-34-20/h9-11,14-15,18-19H,1,7-8,12-13H2,2-6H3,(H,28,29,32)/t18-,19+/m0/s1. The second-order valence-corrected chi connectivity index (χ2v) is 10.1.